The molecule has 0 spiro atoms. The average Bonchev–Trinajstić information content (AvgIpc) is 2.12. The average molecular weight is 245 g/mol. The van der Waals surface area contributed by atoms with Crippen molar-refractivity contribution >= 4 is 33.2 Å². The van der Waals surface area contributed by atoms with Crippen LogP contribution in [0.5, 0.6) is 0 Å². The van der Waals surface area contributed by atoms with Crippen LogP contribution in [0.3, 0.4) is 0 Å². The van der Waals surface area contributed by atoms with E-state index in [0.29, 0.717) is 23.3 Å². The van der Waals surface area contributed by atoms with Gasteiger partial charge in [0.25, 0.3) is 0 Å². The van der Waals surface area contributed by atoms with Gasteiger partial charge in [-0.25, -0.2) is 8.42 Å². The molecule has 0 aliphatic heterocycles. The number of rotatable bonds is 7. The lowest BCUT2D eigenvalue weighted by Crippen LogP contribution is -2.11. The van der Waals surface area contributed by atoms with Crippen LogP contribution < -0.4 is 0 Å². The minimum Gasteiger partial charge on any atom is -0.229 e. The van der Waals surface area contributed by atoms with Crippen LogP contribution in [-0.2, 0) is 9.84 Å². The van der Waals surface area contributed by atoms with Crippen molar-refractivity contribution in [3.63, 3.8) is 0 Å². The first-order valence-electron chi connectivity index (χ1n) is 4.36. The fourth-order valence-corrected chi connectivity index (χ4v) is 3.36. The third-order valence-corrected chi connectivity index (χ3v) is 5.43. The number of alkyl halides is 1. The minimum atomic E-state index is -2.78. The molecule has 0 fully saturated rings. The van der Waals surface area contributed by atoms with Crippen LogP contribution in [0.1, 0.15) is 13.8 Å². The highest BCUT2D eigenvalue weighted by Crippen LogP contribution is 2.10. The molecule has 0 rings (SSSR count). The Morgan fingerprint density at radius 3 is 2.54 bits per heavy atom. The van der Waals surface area contributed by atoms with Crippen molar-refractivity contribution in [2.45, 2.75) is 13.8 Å². The van der Waals surface area contributed by atoms with Gasteiger partial charge in [0, 0.05) is 17.4 Å². The summed E-state index contributed by atoms with van der Waals surface area (Å²) in [6.07, 6.45) is 0. The highest BCUT2D eigenvalue weighted by Gasteiger charge is 2.07. The van der Waals surface area contributed by atoms with Gasteiger partial charge in [-0.2, -0.15) is 11.8 Å². The monoisotopic (exact) mass is 244 g/mol. The van der Waals surface area contributed by atoms with E-state index in [1.165, 1.54) is 0 Å². The zero-order valence-electron chi connectivity index (χ0n) is 8.12. The summed E-state index contributed by atoms with van der Waals surface area (Å²) in [5, 5.41) is 0. The minimum absolute atomic E-state index is 0.249. The maximum Gasteiger partial charge on any atom is 0.150 e. The standard InChI is InChI=1S/C8H17ClO2S2/c1-3-13(10,11)5-4-12-7-8(2)6-9/h8H,3-7H2,1-2H3. The van der Waals surface area contributed by atoms with Gasteiger partial charge in [0.2, 0.25) is 0 Å². The second-order valence-corrected chi connectivity index (χ2v) is 7.00. The highest BCUT2D eigenvalue weighted by atomic mass is 35.5. The topological polar surface area (TPSA) is 34.1 Å². The molecular weight excluding hydrogens is 228 g/mol. The van der Waals surface area contributed by atoms with E-state index < -0.39 is 9.84 Å². The van der Waals surface area contributed by atoms with E-state index in [1.54, 1.807) is 18.7 Å². The first-order valence-corrected chi connectivity index (χ1v) is 7.87. The Kier molecular flexibility index (Phi) is 7.27. The number of thioether (sulfide) groups is 1. The SMILES string of the molecule is CCS(=O)(=O)CCSCC(C)CCl. The van der Waals surface area contributed by atoms with Crippen molar-refractivity contribution in [3.8, 4) is 0 Å². The lowest BCUT2D eigenvalue weighted by molar-refractivity contribution is 0.598. The molecule has 80 valence electrons. The molecule has 0 saturated carbocycles. The van der Waals surface area contributed by atoms with E-state index in [9.17, 15) is 8.42 Å². The Morgan fingerprint density at radius 1 is 1.46 bits per heavy atom. The van der Waals surface area contributed by atoms with E-state index in [0.717, 1.165) is 5.75 Å². The summed E-state index contributed by atoms with van der Waals surface area (Å²) in [6.45, 7) is 3.75. The summed E-state index contributed by atoms with van der Waals surface area (Å²) in [7, 11) is -2.78. The predicted octanol–water partition coefficient (Wildman–Crippen LogP) is 2.03. The summed E-state index contributed by atoms with van der Waals surface area (Å²) in [5.41, 5.74) is 0. The van der Waals surface area contributed by atoms with Crippen molar-refractivity contribution in [2.75, 3.05) is 28.9 Å². The number of hydrogen-bond acceptors (Lipinski definition) is 3. The molecule has 0 aromatic heterocycles. The summed E-state index contributed by atoms with van der Waals surface area (Å²) < 4.78 is 22.1. The van der Waals surface area contributed by atoms with Crippen LogP contribution in [0, 0.1) is 5.92 Å². The van der Waals surface area contributed by atoms with Gasteiger partial charge in [0.05, 0.1) is 5.75 Å². The Bertz CT molecular complexity index is 214. The molecule has 13 heavy (non-hydrogen) atoms. The summed E-state index contributed by atoms with van der Waals surface area (Å²) >= 11 is 7.28. The van der Waals surface area contributed by atoms with Crippen molar-refractivity contribution < 1.29 is 8.42 Å². The molecule has 0 aromatic rings. The van der Waals surface area contributed by atoms with Crippen LogP contribution >= 0.6 is 23.4 Å². The van der Waals surface area contributed by atoms with E-state index >= 15 is 0 Å². The lowest BCUT2D eigenvalue weighted by Gasteiger charge is -2.06. The van der Waals surface area contributed by atoms with Gasteiger partial charge in [-0.15, -0.1) is 11.6 Å². The van der Waals surface area contributed by atoms with Crippen LogP contribution in [-0.4, -0.2) is 37.3 Å². The Labute approximate surface area is 90.3 Å². The Balaban J connectivity index is 3.47. The van der Waals surface area contributed by atoms with Gasteiger partial charge in [-0.05, 0) is 11.7 Å². The summed E-state index contributed by atoms with van der Waals surface area (Å²) in [6, 6.07) is 0. The molecule has 2 nitrogen and oxygen atoms in total. The lowest BCUT2D eigenvalue weighted by atomic mass is 10.3. The molecule has 0 bridgehead atoms. The van der Waals surface area contributed by atoms with Crippen LogP contribution in [0.4, 0.5) is 0 Å². The number of sulfone groups is 1. The van der Waals surface area contributed by atoms with E-state index in [4.69, 9.17) is 11.6 Å². The molecule has 5 heteroatoms. The molecule has 1 atom stereocenters. The molecule has 0 aromatic carbocycles. The number of hydrogen-bond donors (Lipinski definition) is 0. The quantitative estimate of drug-likeness (QED) is 0.508. The fourth-order valence-electron chi connectivity index (χ4n) is 0.659. The first kappa shape index (κ1) is 13.6. The second-order valence-electron chi connectivity index (χ2n) is 3.07. The summed E-state index contributed by atoms with van der Waals surface area (Å²) in [4.78, 5) is 0. The third kappa shape index (κ3) is 7.65. The molecule has 0 N–H and O–H groups in total. The van der Waals surface area contributed by atoms with Crippen molar-refractivity contribution in [1.82, 2.24) is 0 Å². The van der Waals surface area contributed by atoms with Crippen molar-refractivity contribution in [2.24, 2.45) is 5.92 Å². The van der Waals surface area contributed by atoms with E-state index in [-0.39, 0.29) is 5.75 Å². The summed E-state index contributed by atoms with van der Waals surface area (Å²) in [5.74, 6) is 3.30. The van der Waals surface area contributed by atoms with Gasteiger partial charge in [0.15, 0.2) is 9.84 Å². The maximum absolute atomic E-state index is 11.1. The molecule has 0 saturated heterocycles. The molecular formula is C8H17ClO2S2. The van der Waals surface area contributed by atoms with Gasteiger partial charge in [-0.1, -0.05) is 13.8 Å². The molecule has 0 aliphatic rings. The fraction of sp³-hybridized carbons (Fsp3) is 1.00. The zero-order chi connectivity index (χ0) is 10.3. The highest BCUT2D eigenvalue weighted by molar-refractivity contribution is 8.00. The Morgan fingerprint density at radius 2 is 2.08 bits per heavy atom. The molecule has 0 aliphatic carbocycles. The van der Waals surface area contributed by atoms with Crippen molar-refractivity contribution in [3.05, 3.63) is 0 Å². The van der Waals surface area contributed by atoms with Gasteiger partial charge in [-0.3, -0.25) is 0 Å². The molecule has 0 amide bonds. The van der Waals surface area contributed by atoms with Gasteiger partial charge < -0.3 is 0 Å². The Hall–Kier alpha value is 0.590. The van der Waals surface area contributed by atoms with Crippen LogP contribution in [0.2, 0.25) is 0 Å². The third-order valence-electron chi connectivity index (χ3n) is 1.64. The molecule has 0 radical (unpaired) electrons. The van der Waals surface area contributed by atoms with Crippen LogP contribution in [0.25, 0.3) is 0 Å². The second kappa shape index (κ2) is 6.96. The normalized spacial score (nSPS) is 14.4. The van der Waals surface area contributed by atoms with E-state index in [2.05, 4.69) is 6.92 Å². The first-order chi connectivity index (χ1) is 6.02. The van der Waals surface area contributed by atoms with Gasteiger partial charge >= 0.3 is 0 Å². The molecule has 0 heterocycles. The van der Waals surface area contributed by atoms with Gasteiger partial charge in [0.1, 0.15) is 0 Å². The van der Waals surface area contributed by atoms with Crippen molar-refractivity contribution in [1.29, 1.82) is 0 Å². The largest absolute Gasteiger partial charge is 0.229 e. The number of halogens is 1. The predicted molar refractivity (Wildman–Crippen MR) is 61.5 cm³/mol. The zero-order valence-corrected chi connectivity index (χ0v) is 10.5. The van der Waals surface area contributed by atoms with E-state index in [1.807, 2.05) is 0 Å². The smallest absolute Gasteiger partial charge is 0.150 e. The van der Waals surface area contributed by atoms with Crippen LogP contribution in [0.15, 0.2) is 0 Å². The maximum atomic E-state index is 11.1. The molecule has 1 unspecified atom stereocenters.